The lowest BCUT2D eigenvalue weighted by molar-refractivity contribution is 0.378. The van der Waals surface area contributed by atoms with Crippen molar-refractivity contribution in [3.05, 3.63) is 52.5 Å². The fourth-order valence-corrected chi connectivity index (χ4v) is 4.66. The molecule has 0 N–H and O–H groups in total. The molecular weight excluding hydrogens is 372 g/mol. The smallest absolute Gasteiger partial charge is 0.243 e. The van der Waals surface area contributed by atoms with Gasteiger partial charge in [-0.05, 0) is 37.6 Å². The first-order chi connectivity index (χ1) is 12.3. The minimum atomic E-state index is -3.46. The number of hydrogen-bond donors (Lipinski definition) is 0. The second kappa shape index (κ2) is 7.47. The Labute approximate surface area is 160 Å². The Balaban J connectivity index is 1.77. The lowest BCUT2D eigenvalue weighted by Gasteiger charge is -2.36. The molecule has 0 saturated carbocycles. The minimum Gasteiger partial charge on any atom is -0.495 e. The molecule has 0 atom stereocenters. The first-order valence-electron chi connectivity index (χ1n) is 8.49. The number of hydrogen-bond acceptors (Lipinski definition) is 4. The third-order valence-electron chi connectivity index (χ3n) is 4.70. The fraction of sp³-hybridized carbons (Fsp3) is 0.368. The largest absolute Gasteiger partial charge is 0.495 e. The van der Waals surface area contributed by atoms with E-state index in [2.05, 4.69) is 4.90 Å². The number of nitrogens with zero attached hydrogens (tertiary/aromatic N) is 2. The van der Waals surface area contributed by atoms with Gasteiger partial charge < -0.3 is 9.64 Å². The van der Waals surface area contributed by atoms with E-state index in [1.807, 2.05) is 38.1 Å². The van der Waals surface area contributed by atoms with E-state index < -0.39 is 10.0 Å². The standard InChI is InChI=1S/C19H23ClN2O3S/c1-14-4-6-16(7-5-14)26(23,24)22-10-8-21(9-11-22)18-12-15(2)17(20)13-19(18)25-3/h4-7,12-13H,8-11H2,1-3H3. The zero-order valence-electron chi connectivity index (χ0n) is 15.2. The molecule has 1 aliphatic heterocycles. The zero-order chi connectivity index (χ0) is 18.9. The van der Waals surface area contributed by atoms with E-state index >= 15 is 0 Å². The number of rotatable bonds is 4. The minimum absolute atomic E-state index is 0.344. The molecule has 0 radical (unpaired) electrons. The second-order valence-corrected chi connectivity index (χ2v) is 8.82. The quantitative estimate of drug-likeness (QED) is 0.796. The van der Waals surface area contributed by atoms with Crippen molar-refractivity contribution in [2.24, 2.45) is 0 Å². The average Bonchev–Trinajstić information content (AvgIpc) is 2.64. The van der Waals surface area contributed by atoms with Gasteiger partial charge in [-0.3, -0.25) is 0 Å². The van der Waals surface area contributed by atoms with Crippen LogP contribution in [-0.4, -0.2) is 46.0 Å². The molecule has 0 spiro atoms. The molecule has 26 heavy (non-hydrogen) atoms. The van der Waals surface area contributed by atoms with Crippen molar-refractivity contribution >= 4 is 27.3 Å². The molecule has 140 valence electrons. The van der Waals surface area contributed by atoms with Crippen molar-refractivity contribution in [1.82, 2.24) is 4.31 Å². The van der Waals surface area contributed by atoms with Gasteiger partial charge in [-0.15, -0.1) is 0 Å². The first-order valence-corrected chi connectivity index (χ1v) is 10.3. The van der Waals surface area contributed by atoms with Gasteiger partial charge in [0.15, 0.2) is 0 Å². The summed E-state index contributed by atoms with van der Waals surface area (Å²) >= 11 is 6.18. The number of piperazine rings is 1. The van der Waals surface area contributed by atoms with Gasteiger partial charge in [0.2, 0.25) is 10.0 Å². The summed E-state index contributed by atoms with van der Waals surface area (Å²) in [7, 11) is -1.85. The molecule has 0 aromatic heterocycles. The molecule has 7 heteroatoms. The van der Waals surface area contributed by atoms with Gasteiger partial charge in [-0.1, -0.05) is 29.3 Å². The van der Waals surface area contributed by atoms with E-state index in [0.29, 0.717) is 41.8 Å². The normalized spacial score (nSPS) is 15.9. The van der Waals surface area contributed by atoms with Crippen LogP contribution in [0.15, 0.2) is 41.3 Å². The molecule has 2 aromatic rings. The summed E-state index contributed by atoms with van der Waals surface area (Å²) in [5, 5.41) is 0.659. The average molecular weight is 395 g/mol. The SMILES string of the molecule is COc1cc(Cl)c(C)cc1N1CCN(S(=O)(=O)c2ccc(C)cc2)CC1. The fourth-order valence-electron chi connectivity index (χ4n) is 3.09. The highest BCUT2D eigenvalue weighted by Crippen LogP contribution is 2.34. The van der Waals surface area contributed by atoms with Crippen LogP contribution in [0.1, 0.15) is 11.1 Å². The molecule has 0 unspecified atom stereocenters. The second-order valence-electron chi connectivity index (χ2n) is 6.48. The van der Waals surface area contributed by atoms with Crippen LogP contribution in [0.5, 0.6) is 5.75 Å². The summed E-state index contributed by atoms with van der Waals surface area (Å²) < 4.78 is 32.7. The molecule has 1 aliphatic rings. The van der Waals surface area contributed by atoms with E-state index in [9.17, 15) is 8.42 Å². The summed E-state index contributed by atoms with van der Waals surface area (Å²) in [6, 6.07) is 10.8. The third-order valence-corrected chi connectivity index (χ3v) is 7.02. The van der Waals surface area contributed by atoms with Gasteiger partial charge >= 0.3 is 0 Å². The van der Waals surface area contributed by atoms with Crippen molar-refractivity contribution in [3.8, 4) is 5.75 Å². The molecule has 5 nitrogen and oxygen atoms in total. The molecule has 1 saturated heterocycles. The number of sulfonamides is 1. The number of ether oxygens (including phenoxy) is 1. The van der Waals surface area contributed by atoms with Crippen LogP contribution in [0, 0.1) is 13.8 Å². The number of anilines is 1. The van der Waals surface area contributed by atoms with Crippen molar-refractivity contribution in [2.75, 3.05) is 38.2 Å². The number of halogens is 1. The van der Waals surface area contributed by atoms with Gasteiger partial charge in [0.25, 0.3) is 0 Å². The molecule has 3 rings (SSSR count). The summed E-state index contributed by atoms with van der Waals surface area (Å²) in [4.78, 5) is 2.49. The Morgan fingerprint density at radius 2 is 1.62 bits per heavy atom. The lowest BCUT2D eigenvalue weighted by Crippen LogP contribution is -2.48. The van der Waals surface area contributed by atoms with Crippen LogP contribution in [0.2, 0.25) is 5.02 Å². The Bertz CT molecular complexity index is 890. The highest BCUT2D eigenvalue weighted by molar-refractivity contribution is 7.89. The Morgan fingerprint density at radius 1 is 1.00 bits per heavy atom. The van der Waals surface area contributed by atoms with Gasteiger partial charge in [0.1, 0.15) is 5.75 Å². The topological polar surface area (TPSA) is 49.9 Å². The highest BCUT2D eigenvalue weighted by atomic mass is 35.5. The maximum absolute atomic E-state index is 12.8. The van der Waals surface area contributed by atoms with Crippen LogP contribution in [0.3, 0.4) is 0 Å². The third kappa shape index (κ3) is 3.68. The van der Waals surface area contributed by atoms with Crippen LogP contribution in [0.4, 0.5) is 5.69 Å². The van der Waals surface area contributed by atoms with E-state index in [-0.39, 0.29) is 0 Å². The first kappa shape index (κ1) is 19.0. The maximum Gasteiger partial charge on any atom is 0.243 e. The molecule has 1 heterocycles. The van der Waals surface area contributed by atoms with Crippen molar-refractivity contribution in [2.45, 2.75) is 18.7 Å². The van der Waals surface area contributed by atoms with Crippen LogP contribution in [0.25, 0.3) is 0 Å². The van der Waals surface area contributed by atoms with Crippen LogP contribution in [-0.2, 0) is 10.0 Å². The molecule has 1 fully saturated rings. The number of benzene rings is 2. The summed E-state index contributed by atoms with van der Waals surface area (Å²) in [6.07, 6.45) is 0. The lowest BCUT2D eigenvalue weighted by atomic mass is 10.1. The van der Waals surface area contributed by atoms with Gasteiger partial charge in [0, 0.05) is 37.3 Å². The Morgan fingerprint density at radius 3 is 2.19 bits per heavy atom. The zero-order valence-corrected chi connectivity index (χ0v) is 16.8. The Hall–Kier alpha value is -1.76. The summed E-state index contributed by atoms with van der Waals surface area (Å²) in [5.74, 6) is 0.704. The van der Waals surface area contributed by atoms with E-state index in [0.717, 1.165) is 16.8 Å². The predicted molar refractivity (Wildman–Crippen MR) is 105 cm³/mol. The van der Waals surface area contributed by atoms with E-state index in [4.69, 9.17) is 16.3 Å². The summed E-state index contributed by atoms with van der Waals surface area (Å²) in [5.41, 5.74) is 2.96. The molecular formula is C19H23ClN2O3S. The van der Waals surface area contributed by atoms with Crippen molar-refractivity contribution in [3.63, 3.8) is 0 Å². The maximum atomic E-state index is 12.8. The highest BCUT2D eigenvalue weighted by Gasteiger charge is 2.29. The molecule has 2 aromatic carbocycles. The monoisotopic (exact) mass is 394 g/mol. The molecule has 0 amide bonds. The van der Waals surface area contributed by atoms with Crippen LogP contribution >= 0.6 is 11.6 Å². The van der Waals surface area contributed by atoms with Crippen molar-refractivity contribution in [1.29, 1.82) is 0 Å². The predicted octanol–water partition coefficient (Wildman–Crippen LogP) is 3.48. The molecule has 0 aliphatic carbocycles. The van der Waals surface area contributed by atoms with Crippen molar-refractivity contribution < 1.29 is 13.2 Å². The summed E-state index contributed by atoms with van der Waals surface area (Å²) in [6.45, 7) is 5.95. The Kier molecular flexibility index (Phi) is 5.46. The van der Waals surface area contributed by atoms with Gasteiger partial charge in [-0.2, -0.15) is 4.31 Å². The van der Waals surface area contributed by atoms with Crippen LogP contribution < -0.4 is 9.64 Å². The van der Waals surface area contributed by atoms with Gasteiger partial charge in [-0.25, -0.2) is 8.42 Å². The number of methoxy groups -OCH3 is 1. The molecule has 0 bridgehead atoms. The van der Waals surface area contributed by atoms with E-state index in [1.165, 1.54) is 0 Å². The van der Waals surface area contributed by atoms with Gasteiger partial charge in [0.05, 0.1) is 17.7 Å². The van der Waals surface area contributed by atoms with E-state index in [1.54, 1.807) is 23.5 Å². The number of aryl methyl sites for hydroxylation is 2.